The molecule has 1 aromatic carbocycles. The van der Waals surface area contributed by atoms with Gasteiger partial charge in [-0.25, -0.2) is 0 Å². The highest BCUT2D eigenvalue weighted by molar-refractivity contribution is 5.30. The second-order valence-electron chi connectivity index (χ2n) is 4.77. The molecule has 0 spiro atoms. The van der Waals surface area contributed by atoms with Gasteiger partial charge in [-0.05, 0) is 30.6 Å². The number of aliphatic hydroxyl groups excluding tert-OH is 1. The van der Waals surface area contributed by atoms with Crippen LogP contribution in [0.4, 0.5) is 0 Å². The fourth-order valence-electron chi connectivity index (χ4n) is 2.41. The molecule has 0 saturated heterocycles. The SMILES string of the molecule is CCc1ccccc1C(CO)NCCN(CC)CC. The predicted molar refractivity (Wildman–Crippen MR) is 81.4 cm³/mol. The molecule has 3 heteroatoms. The van der Waals surface area contributed by atoms with E-state index in [0.29, 0.717) is 0 Å². The molecule has 0 aliphatic carbocycles. The fourth-order valence-corrected chi connectivity index (χ4v) is 2.41. The predicted octanol–water partition coefficient (Wildman–Crippen LogP) is 2.21. The third kappa shape index (κ3) is 4.94. The molecule has 0 fully saturated rings. The van der Waals surface area contributed by atoms with Gasteiger partial charge in [0.2, 0.25) is 0 Å². The molecule has 0 heterocycles. The van der Waals surface area contributed by atoms with Gasteiger partial charge in [-0.3, -0.25) is 0 Å². The van der Waals surface area contributed by atoms with Crippen molar-refractivity contribution in [1.29, 1.82) is 0 Å². The fraction of sp³-hybridized carbons (Fsp3) is 0.625. The molecule has 0 saturated carbocycles. The summed E-state index contributed by atoms with van der Waals surface area (Å²) in [5.41, 5.74) is 2.55. The highest BCUT2D eigenvalue weighted by Crippen LogP contribution is 2.18. The van der Waals surface area contributed by atoms with Crippen molar-refractivity contribution in [3.8, 4) is 0 Å². The second kappa shape index (κ2) is 9.08. The molecule has 0 aromatic heterocycles. The lowest BCUT2D eigenvalue weighted by Crippen LogP contribution is -2.35. The van der Waals surface area contributed by atoms with E-state index in [4.69, 9.17) is 0 Å². The molecule has 0 radical (unpaired) electrons. The van der Waals surface area contributed by atoms with E-state index in [1.807, 2.05) is 6.07 Å². The molecule has 0 amide bonds. The molecule has 108 valence electrons. The molecular weight excluding hydrogens is 236 g/mol. The van der Waals surface area contributed by atoms with Gasteiger partial charge in [-0.1, -0.05) is 45.0 Å². The number of hydrogen-bond acceptors (Lipinski definition) is 3. The number of nitrogens with one attached hydrogen (secondary N) is 1. The number of aryl methyl sites for hydroxylation is 1. The zero-order valence-electron chi connectivity index (χ0n) is 12.5. The van der Waals surface area contributed by atoms with E-state index >= 15 is 0 Å². The van der Waals surface area contributed by atoms with Crippen LogP contribution >= 0.6 is 0 Å². The van der Waals surface area contributed by atoms with Gasteiger partial charge in [-0.15, -0.1) is 0 Å². The Labute approximate surface area is 117 Å². The summed E-state index contributed by atoms with van der Waals surface area (Å²) in [4.78, 5) is 2.38. The first-order chi connectivity index (χ1) is 9.26. The smallest absolute Gasteiger partial charge is 0.0626 e. The Morgan fingerprint density at radius 3 is 2.42 bits per heavy atom. The third-order valence-electron chi connectivity index (χ3n) is 3.71. The maximum absolute atomic E-state index is 9.60. The van der Waals surface area contributed by atoms with Crippen LogP contribution in [-0.2, 0) is 6.42 Å². The summed E-state index contributed by atoms with van der Waals surface area (Å²) in [6.45, 7) is 10.8. The lowest BCUT2D eigenvalue weighted by atomic mass is 9.99. The van der Waals surface area contributed by atoms with Gasteiger partial charge in [0.05, 0.1) is 12.6 Å². The summed E-state index contributed by atoms with van der Waals surface area (Å²) in [5, 5.41) is 13.1. The largest absolute Gasteiger partial charge is 0.394 e. The summed E-state index contributed by atoms with van der Waals surface area (Å²) < 4.78 is 0. The summed E-state index contributed by atoms with van der Waals surface area (Å²) in [5.74, 6) is 0. The van der Waals surface area contributed by atoms with Crippen molar-refractivity contribution >= 4 is 0 Å². The quantitative estimate of drug-likeness (QED) is 0.718. The Morgan fingerprint density at radius 1 is 1.16 bits per heavy atom. The van der Waals surface area contributed by atoms with Crippen LogP contribution in [0.25, 0.3) is 0 Å². The molecule has 1 rings (SSSR count). The Kier molecular flexibility index (Phi) is 7.72. The maximum Gasteiger partial charge on any atom is 0.0626 e. The first kappa shape index (κ1) is 16.2. The van der Waals surface area contributed by atoms with Crippen LogP contribution in [0.5, 0.6) is 0 Å². The van der Waals surface area contributed by atoms with E-state index < -0.39 is 0 Å². The molecule has 3 nitrogen and oxygen atoms in total. The van der Waals surface area contributed by atoms with E-state index in [0.717, 1.165) is 32.6 Å². The van der Waals surface area contributed by atoms with Crippen LogP contribution in [0.2, 0.25) is 0 Å². The number of rotatable bonds is 9. The molecular formula is C16H28N2O. The van der Waals surface area contributed by atoms with E-state index in [9.17, 15) is 5.11 Å². The van der Waals surface area contributed by atoms with Gasteiger partial charge in [-0.2, -0.15) is 0 Å². The van der Waals surface area contributed by atoms with Crippen molar-refractivity contribution in [3.63, 3.8) is 0 Å². The zero-order chi connectivity index (χ0) is 14.1. The lowest BCUT2D eigenvalue weighted by Gasteiger charge is -2.23. The van der Waals surface area contributed by atoms with Gasteiger partial charge in [0.25, 0.3) is 0 Å². The minimum Gasteiger partial charge on any atom is -0.394 e. The standard InChI is InChI=1S/C16H28N2O/c1-4-14-9-7-8-10-15(14)16(13-19)17-11-12-18(5-2)6-3/h7-10,16-17,19H,4-6,11-13H2,1-3H3. The second-order valence-corrected chi connectivity index (χ2v) is 4.77. The average Bonchev–Trinajstić information content (AvgIpc) is 2.48. The van der Waals surface area contributed by atoms with Crippen molar-refractivity contribution in [2.75, 3.05) is 32.8 Å². The minimum atomic E-state index is 0.0479. The molecule has 1 atom stereocenters. The zero-order valence-corrected chi connectivity index (χ0v) is 12.5. The van der Waals surface area contributed by atoms with Gasteiger partial charge >= 0.3 is 0 Å². The van der Waals surface area contributed by atoms with E-state index in [1.54, 1.807) is 0 Å². The van der Waals surface area contributed by atoms with Crippen molar-refractivity contribution < 1.29 is 5.11 Å². The summed E-state index contributed by atoms with van der Waals surface area (Å²) in [7, 11) is 0. The summed E-state index contributed by atoms with van der Waals surface area (Å²) >= 11 is 0. The first-order valence-corrected chi connectivity index (χ1v) is 7.41. The minimum absolute atomic E-state index is 0.0479. The molecule has 2 N–H and O–H groups in total. The molecule has 1 unspecified atom stereocenters. The highest BCUT2D eigenvalue weighted by Gasteiger charge is 2.12. The van der Waals surface area contributed by atoms with Crippen molar-refractivity contribution in [1.82, 2.24) is 10.2 Å². The molecule has 0 aliphatic rings. The van der Waals surface area contributed by atoms with Gasteiger partial charge in [0, 0.05) is 13.1 Å². The Morgan fingerprint density at radius 2 is 1.84 bits per heavy atom. The normalized spacial score (nSPS) is 12.9. The lowest BCUT2D eigenvalue weighted by molar-refractivity contribution is 0.233. The number of aliphatic hydroxyl groups is 1. The molecule has 0 aliphatic heterocycles. The van der Waals surface area contributed by atoms with E-state index in [2.05, 4.69) is 49.2 Å². The topological polar surface area (TPSA) is 35.5 Å². The Hall–Kier alpha value is -0.900. The van der Waals surface area contributed by atoms with Gasteiger partial charge in [0.1, 0.15) is 0 Å². The van der Waals surface area contributed by atoms with Crippen LogP contribution < -0.4 is 5.32 Å². The van der Waals surface area contributed by atoms with Gasteiger partial charge in [0.15, 0.2) is 0 Å². The Bertz CT molecular complexity index is 350. The summed E-state index contributed by atoms with van der Waals surface area (Å²) in [6.07, 6.45) is 1.00. The van der Waals surface area contributed by atoms with Crippen molar-refractivity contribution in [3.05, 3.63) is 35.4 Å². The summed E-state index contributed by atoms with van der Waals surface area (Å²) in [6, 6.07) is 8.41. The number of likely N-dealkylation sites (N-methyl/N-ethyl adjacent to an activating group) is 1. The van der Waals surface area contributed by atoms with E-state index in [1.165, 1.54) is 11.1 Å². The third-order valence-corrected chi connectivity index (χ3v) is 3.71. The maximum atomic E-state index is 9.60. The van der Waals surface area contributed by atoms with Crippen molar-refractivity contribution in [2.24, 2.45) is 0 Å². The van der Waals surface area contributed by atoms with Crippen LogP contribution in [0.1, 0.15) is 37.9 Å². The van der Waals surface area contributed by atoms with Crippen LogP contribution in [-0.4, -0.2) is 42.8 Å². The van der Waals surface area contributed by atoms with Crippen molar-refractivity contribution in [2.45, 2.75) is 33.2 Å². The molecule has 19 heavy (non-hydrogen) atoms. The first-order valence-electron chi connectivity index (χ1n) is 7.41. The monoisotopic (exact) mass is 264 g/mol. The van der Waals surface area contributed by atoms with E-state index in [-0.39, 0.29) is 12.6 Å². The molecule has 0 bridgehead atoms. The number of benzene rings is 1. The number of hydrogen-bond donors (Lipinski definition) is 2. The molecule has 1 aromatic rings. The van der Waals surface area contributed by atoms with Crippen LogP contribution in [0.3, 0.4) is 0 Å². The van der Waals surface area contributed by atoms with Crippen LogP contribution in [0.15, 0.2) is 24.3 Å². The van der Waals surface area contributed by atoms with Crippen LogP contribution in [0, 0.1) is 0 Å². The van der Waals surface area contributed by atoms with Gasteiger partial charge < -0.3 is 15.3 Å². The average molecular weight is 264 g/mol. The Balaban J connectivity index is 2.58. The number of nitrogens with zero attached hydrogens (tertiary/aromatic N) is 1. The highest BCUT2D eigenvalue weighted by atomic mass is 16.3.